The minimum Gasteiger partial charge on any atom is -0.340 e. The monoisotopic (exact) mass is 276 g/mol. The molecule has 1 aromatic rings. The molecular formula is C16H21FN2O. The smallest absolute Gasteiger partial charge is 0.233 e. The first kappa shape index (κ1) is 13.6. The molecule has 1 saturated heterocycles. The zero-order valence-electron chi connectivity index (χ0n) is 12.1. The SMILES string of the molecule is CN(C)C1CCN(C(=O)C2(c3ccc(F)cc3)CC2)C1. The number of halogens is 1. The zero-order chi connectivity index (χ0) is 14.3. The average molecular weight is 276 g/mol. The first-order chi connectivity index (χ1) is 9.53. The van der Waals surface area contributed by atoms with Gasteiger partial charge >= 0.3 is 0 Å². The molecule has 0 spiro atoms. The Hall–Kier alpha value is -1.42. The van der Waals surface area contributed by atoms with Crippen molar-refractivity contribution in [2.24, 2.45) is 0 Å². The Morgan fingerprint density at radius 1 is 1.30 bits per heavy atom. The Balaban J connectivity index is 1.76. The van der Waals surface area contributed by atoms with Crippen LogP contribution in [-0.4, -0.2) is 48.9 Å². The minimum absolute atomic E-state index is 0.230. The number of likely N-dealkylation sites (N-methyl/N-ethyl adjacent to an activating group) is 1. The summed E-state index contributed by atoms with van der Waals surface area (Å²) in [6.45, 7) is 1.65. The fourth-order valence-electron chi connectivity index (χ4n) is 3.17. The van der Waals surface area contributed by atoms with Crippen molar-refractivity contribution in [1.29, 1.82) is 0 Å². The zero-order valence-corrected chi connectivity index (χ0v) is 12.1. The van der Waals surface area contributed by atoms with Crippen LogP contribution < -0.4 is 0 Å². The van der Waals surface area contributed by atoms with E-state index in [-0.39, 0.29) is 17.1 Å². The lowest BCUT2D eigenvalue weighted by Gasteiger charge is -2.25. The topological polar surface area (TPSA) is 23.6 Å². The van der Waals surface area contributed by atoms with E-state index in [1.807, 2.05) is 4.90 Å². The van der Waals surface area contributed by atoms with Crippen LogP contribution in [0.3, 0.4) is 0 Å². The van der Waals surface area contributed by atoms with Crippen LogP contribution in [0.5, 0.6) is 0 Å². The summed E-state index contributed by atoms with van der Waals surface area (Å²) in [6, 6.07) is 6.90. The van der Waals surface area contributed by atoms with Crippen molar-refractivity contribution in [3.63, 3.8) is 0 Å². The highest BCUT2D eigenvalue weighted by atomic mass is 19.1. The van der Waals surface area contributed by atoms with Gasteiger partial charge in [0.1, 0.15) is 5.82 Å². The summed E-state index contributed by atoms with van der Waals surface area (Å²) in [4.78, 5) is 17.0. The molecule has 2 fully saturated rings. The normalized spacial score (nSPS) is 24.2. The second-order valence-corrected chi connectivity index (χ2v) is 6.25. The standard InChI is InChI=1S/C16H21FN2O/c1-18(2)14-7-10-19(11-14)15(20)16(8-9-16)12-3-5-13(17)6-4-12/h3-6,14H,7-11H2,1-2H3. The van der Waals surface area contributed by atoms with Crippen molar-refractivity contribution in [2.45, 2.75) is 30.7 Å². The van der Waals surface area contributed by atoms with Crippen LogP contribution >= 0.6 is 0 Å². The highest BCUT2D eigenvalue weighted by Gasteiger charge is 2.53. The van der Waals surface area contributed by atoms with Gasteiger partial charge in [-0.15, -0.1) is 0 Å². The molecule has 2 aliphatic rings. The third-order valence-electron chi connectivity index (χ3n) is 4.74. The molecule has 108 valence electrons. The van der Waals surface area contributed by atoms with Crippen LogP contribution in [0.1, 0.15) is 24.8 Å². The number of rotatable bonds is 3. The number of carbonyl (C=O) groups is 1. The van der Waals surface area contributed by atoms with Crippen LogP contribution in [0.15, 0.2) is 24.3 Å². The predicted octanol–water partition coefficient (Wildman–Crippen LogP) is 2.02. The average Bonchev–Trinajstić information content (AvgIpc) is 3.08. The lowest BCUT2D eigenvalue weighted by molar-refractivity contribution is -0.133. The van der Waals surface area contributed by atoms with Gasteiger partial charge in [-0.3, -0.25) is 4.79 Å². The number of benzene rings is 1. The summed E-state index contributed by atoms with van der Waals surface area (Å²) >= 11 is 0. The highest BCUT2D eigenvalue weighted by Crippen LogP contribution is 2.50. The van der Waals surface area contributed by atoms with E-state index in [9.17, 15) is 9.18 Å². The van der Waals surface area contributed by atoms with Gasteiger partial charge < -0.3 is 9.80 Å². The van der Waals surface area contributed by atoms with Gasteiger partial charge in [0.2, 0.25) is 5.91 Å². The number of hydrogen-bond acceptors (Lipinski definition) is 2. The van der Waals surface area contributed by atoms with Crippen molar-refractivity contribution in [1.82, 2.24) is 9.80 Å². The third-order valence-corrected chi connectivity index (χ3v) is 4.74. The molecule has 1 aliphatic carbocycles. The maximum atomic E-state index is 13.0. The van der Waals surface area contributed by atoms with E-state index >= 15 is 0 Å². The Morgan fingerprint density at radius 3 is 2.45 bits per heavy atom. The number of amides is 1. The van der Waals surface area contributed by atoms with E-state index in [1.54, 1.807) is 12.1 Å². The lowest BCUT2D eigenvalue weighted by Crippen LogP contribution is -2.40. The van der Waals surface area contributed by atoms with Gasteiger partial charge in [0.15, 0.2) is 0 Å². The van der Waals surface area contributed by atoms with Crippen molar-refractivity contribution >= 4 is 5.91 Å². The van der Waals surface area contributed by atoms with Crippen LogP contribution in [0.25, 0.3) is 0 Å². The highest BCUT2D eigenvalue weighted by molar-refractivity contribution is 5.91. The Kier molecular flexibility index (Phi) is 3.28. The summed E-state index contributed by atoms with van der Waals surface area (Å²) in [5.74, 6) is -0.0145. The Morgan fingerprint density at radius 2 is 1.95 bits per heavy atom. The van der Waals surface area contributed by atoms with Crippen LogP contribution in [0.2, 0.25) is 0 Å². The molecule has 1 aliphatic heterocycles. The largest absolute Gasteiger partial charge is 0.340 e. The quantitative estimate of drug-likeness (QED) is 0.843. The minimum atomic E-state index is -0.366. The summed E-state index contributed by atoms with van der Waals surface area (Å²) in [7, 11) is 4.12. The molecule has 20 heavy (non-hydrogen) atoms. The summed E-state index contributed by atoms with van der Waals surface area (Å²) in [5.41, 5.74) is 0.603. The molecule has 0 radical (unpaired) electrons. The second kappa shape index (κ2) is 4.85. The van der Waals surface area contributed by atoms with E-state index in [0.29, 0.717) is 6.04 Å². The fourth-order valence-corrected chi connectivity index (χ4v) is 3.17. The van der Waals surface area contributed by atoms with Gasteiger partial charge in [-0.25, -0.2) is 4.39 Å². The van der Waals surface area contributed by atoms with Crippen molar-refractivity contribution in [3.05, 3.63) is 35.6 Å². The fraction of sp³-hybridized carbons (Fsp3) is 0.562. The van der Waals surface area contributed by atoms with E-state index < -0.39 is 0 Å². The molecule has 0 N–H and O–H groups in total. The molecule has 3 rings (SSSR count). The number of nitrogens with zero attached hydrogens (tertiary/aromatic N) is 2. The van der Waals surface area contributed by atoms with Crippen LogP contribution in [0, 0.1) is 5.82 Å². The van der Waals surface area contributed by atoms with Crippen molar-refractivity contribution < 1.29 is 9.18 Å². The van der Waals surface area contributed by atoms with Gasteiger partial charge in [0.25, 0.3) is 0 Å². The lowest BCUT2D eigenvalue weighted by atomic mass is 9.94. The summed E-state index contributed by atoms with van der Waals surface area (Å²) < 4.78 is 13.0. The van der Waals surface area contributed by atoms with Crippen LogP contribution in [0.4, 0.5) is 4.39 Å². The Bertz CT molecular complexity index is 508. The molecule has 1 aromatic carbocycles. The first-order valence-corrected chi connectivity index (χ1v) is 7.25. The number of carbonyl (C=O) groups excluding carboxylic acids is 1. The molecule has 0 aromatic heterocycles. The third kappa shape index (κ3) is 2.22. The molecule has 1 saturated carbocycles. The van der Waals surface area contributed by atoms with Gasteiger partial charge in [0.05, 0.1) is 5.41 Å². The summed E-state index contributed by atoms with van der Waals surface area (Å²) in [6.07, 6.45) is 2.82. The van der Waals surface area contributed by atoms with Crippen molar-refractivity contribution in [3.8, 4) is 0 Å². The maximum absolute atomic E-state index is 13.0. The van der Waals surface area contributed by atoms with Gasteiger partial charge in [0, 0.05) is 19.1 Å². The van der Waals surface area contributed by atoms with E-state index in [4.69, 9.17) is 0 Å². The molecule has 1 unspecified atom stereocenters. The van der Waals surface area contributed by atoms with Crippen molar-refractivity contribution in [2.75, 3.05) is 27.2 Å². The molecule has 4 heteroatoms. The molecule has 1 amide bonds. The van der Waals surface area contributed by atoms with Gasteiger partial charge in [-0.1, -0.05) is 12.1 Å². The van der Waals surface area contributed by atoms with Gasteiger partial charge in [-0.05, 0) is 51.1 Å². The molecule has 0 bridgehead atoms. The maximum Gasteiger partial charge on any atom is 0.233 e. The molecular weight excluding hydrogens is 255 g/mol. The Labute approximate surface area is 119 Å². The van der Waals surface area contributed by atoms with E-state index in [0.717, 1.165) is 37.9 Å². The number of hydrogen-bond donors (Lipinski definition) is 0. The van der Waals surface area contributed by atoms with E-state index in [1.165, 1.54) is 12.1 Å². The first-order valence-electron chi connectivity index (χ1n) is 7.25. The molecule has 3 nitrogen and oxygen atoms in total. The second-order valence-electron chi connectivity index (χ2n) is 6.25. The molecule has 1 heterocycles. The molecule has 1 atom stereocenters. The van der Waals surface area contributed by atoms with E-state index in [2.05, 4.69) is 19.0 Å². The van der Waals surface area contributed by atoms with Gasteiger partial charge in [-0.2, -0.15) is 0 Å². The number of likely N-dealkylation sites (tertiary alicyclic amines) is 1. The van der Waals surface area contributed by atoms with Crippen LogP contribution in [-0.2, 0) is 10.2 Å². The summed E-state index contributed by atoms with van der Waals surface area (Å²) in [5, 5.41) is 0. The predicted molar refractivity (Wildman–Crippen MR) is 76.0 cm³/mol.